The Bertz CT molecular complexity index is 799. The minimum Gasteiger partial charge on any atom is -0.393 e. The first-order valence-electron chi connectivity index (χ1n) is 11.0. The minimum atomic E-state index is -0.400. The first kappa shape index (κ1) is 18.6. The number of Topliss-reactive ketones (excluding diaryl/α,β-unsaturated/α-hetero) is 1. The number of ether oxygens (including phenoxy) is 1. The van der Waals surface area contributed by atoms with Crippen LogP contribution >= 0.6 is 0 Å². The molecule has 0 heterocycles. The third kappa shape index (κ3) is 2.39. The number of hydrogen-bond acceptors (Lipinski definition) is 3. The van der Waals surface area contributed by atoms with Crippen molar-refractivity contribution in [2.24, 2.45) is 40.9 Å². The summed E-state index contributed by atoms with van der Waals surface area (Å²) < 4.78 is 6.44. The van der Waals surface area contributed by atoms with Crippen LogP contribution in [0.4, 0.5) is 0 Å². The van der Waals surface area contributed by atoms with Gasteiger partial charge in [-0.15, -0.1) is 0 Å². The normalized spacial score (nSPS) is 46.9. The molecule has 1 spiro atoms. The smallest absolute Gasteiger partial charge is 0.144 e. The number of carbonyl (C=O) groups is 1. The van der Waals surface area contributed by atoms with Crippen LogP contribution in [0.25, 0.3) is 0 Å². The van der Waals surface area contributed by atoms with E-state index in [1.165, 1.54) is 11.1 Å². The average molecular weight is 381 g/mol. The van der Waals surface area contributed by atoms with Crippen LogP contribution in [0, 0.1) is 40.9 Å². The summed E-state index contributed by atoms with van der Waals surface area (Å²) in [6.45, 7) is 7.32. The van der Waals surface area contributed by atoms with Crippen LogP contribution in [-0.4, -0.2) is 23.1 Å². The Kier molecular flexibility index (Phi) is 4.33. The molecule has 0 aliphatic heterocycles. The highest BCUT2D eigenvalue weighted by Crippen LogP contribution is 2.68. The molecule has 0 bridgehead atoms. The zero-order chi connectivity index (χ0) is 19.6. The summed E-state index contributed by atoms with van der Waals surface area (Å²) >= 11 is 0. The molecular formula is C25H32O3. The Morgan fingerprint density at radius 1 is 1.14 bits per heavy atom. The molecule has 0 saturated heterocycles. The molecule has 1 N–H and O–H groups in total. The van der Waals surface area contributed by atoms with E-state index in [0.717, 1.165) is 12.8 Å². The fraction of sp³-hybridized carbons (Fsp3) is 0.640. The highest BCUT2D eigenvalue weighted by atomic mass is 16.5. The quantitative estimate of drug-likeness (QED) is 0.791. The van der Waals surface area contributed by atoms with Gasteiger partial charge in [-0.25, -0.2) is 0 Å². The number of ketones is 1. The molecule has 0 aromatic heterocycles. The molecule has 1 aromatic carbocycles. The zero-order valence-electron chi connectivity index (χ0n) is 17.2. The number of carbonyl (C=O) groups excluding carboxylic acids is 1. The number of rotatable bonds is 3. The van der Waals surface area contributed by atoms with Gasteiger partial charge in [0, 0.05) is 18.3 Å². The topological polar surface area (TPSA) is 46.5 Å². The molecule has 3 nitrogen and oxygen atoms in total. The number of allylic oxidation sites excluding steroid dienone is 1. The lowest BCUT2D eigenvalue weighted by Gasteiger charge is -2.47. The van der Waals surface area contributed by atoms with Crippen LogP contribution in [-0.2, 0) is 16.1 Å². The van der Waals surface area contributed by atoms with E-state index in [9.17, 15) is 9.90 Å². The summed E-state index contributed by atoms with van der Waals surface area (Å²) in [6.07, 6.45) is 4.66. The molecule has 5 rings (SSSR count). The van der Waals surface area contributed by atoms with Gasteiger partial charge in [0.25, 0.3) is 0 Å². The predicted octanol–water partition coefficient (Wildman–Crippen LogP) is 4.40. The van der Waals surface area contributed by atoms with E-state index in [-0.39, 0.29) is 24.0 Å². The molecule has 4 aliphatic carbocycles. The molecular weight excluding hydrogens is 348 g/mol. The maximum Gasteiger partial charge on any atom is 0.144 e. The lowest BCUT2D eigenvalue weighted by atomic mass is 9.56. The number of aliphatic hydroxyl groups excluding tert-OH is 1. The van der Waals surface area contributed by atoms with Crippen molar-refractivity contribution >= 4 is 5.78 Å². The maximum atomic E-state index is 13.3. The van der Waals surface area contributed by atoms with Crippen molar-refractivity contribution in [2.45, 2.75) is 58.8 Å². The first-order chi connectivity index (χ1) is 13.4. The largest absolute Gasteiger partial charge is 0.393 e. The molecule has 28 heavy (non-hydrogen) atoms. The van der Waals surface area contributed by atoms with E-state index in [1.54, 1.807) is 0 Å². The molecule has 0 amide bonds. The van der Waals surface area contributed by atoms with Gasteiger partial charge in [0.1, 0.15) is 5.78 Å². The van der Waals surface area contributed by atoms with Crippen molar-refractivity contribution in [1.29, 1.82) is 0 Å². The minimum absolute atomic E-state index is 0.0743. The van der Waals surface area contributed by atoms with Gasteiger partial charge in [-0.2, -0.15) is 0 Å². The fourth-order valence-corrected chi connectivity index (χ4v) is 7.54. The van der Waals surface area contributed by atoms with Gasteiger partial charge in [0.2, 0.25) is 0 Å². The summed E-state index contributed by atoms with van der Waals surface area (Å²) in [6, 6.07) is 10.4. The fourth-order valence-electron chi connectivity index (χ4n) is 7.54. The van der Waals surface area contributed by atoms with Crippen LogP contribution in [0.2, 0.25) is 0 Å². The lowest BCUT2D eigenvalue weighted by Crippen LogP contribution is -2.48. The van der Waals surface area contributed by atoms with Gasteiger partial charge in [-0.3, -0.25) is 4.79 Å². The molecule has 0 radical (unpaired) electrons. The molecule has 3 saturated carbocycles. The van der Waals surface area contributed by atoms with Gasteiger partial charge < -0.3 is 9.84 Å². The van der Waals surface area contributed by atoms with Crippen LogP contribution in [0.15, 0.2) is 42.0 Å². The molecule has 150 valence electrons. The van der Waals surface area contributed by atoms with Gasteiger partial charge in [-0.05, 0) is 42.1 Å². The third-order valence-corrected chi connectivity index (χ3v) is 8.50. The highest BCUT2D eigenvalue weighted by molar-refractivity contribution is 5.93. The van der Waals surface area contributed by atoms with Crippen molar-refractivity contribution in [3.05, 3.63) is 47.5 Å². The first-order valence-corrected chi connectivity index (χ1v) is 11.0. The molecule has 9 atom stereocenters. The predicted molar refractivity (Wildman–Crippen MR) is 108 cm³/mol. The Morgan fingerprint density at radius 3 is 2.64 bits per heavy atom. The van der Waals surface area contributed by atoms with Crippen LogP contribution < -0.4 is 0 Å². The summed E-state index contributed by atoms with van der Waals surface area (Å²) in [5, 5.41) is 11.1. The number of fused-ring (bicyclic) bond motifs is 2. The SMILES string of the molecule is C[C@H]1CC(=O)[C@@]23C1=C[C@@H]1[C@H]([C@@H]2[C@H](O)C[C@@H]3C)[C@@H](C)C[C@@H]1OCc1ccccc1. The van der Waals surface area contributed by atoms with Crippen molar-refractivity contribution < 1.29 is 14.6 Å². The van der Waals surface area contributed by atoms with E-state index < -0.39 is 5.41 Å². The monoisotopic (exact) mass is 380 g/mol. The number of benzene rings is 1. The maximum absolute atomic E-state index is 13.3. The van der Waals surface area contributed by atoms with Crippen molar-refractivity contribution in [3.8, 4) is 0 Å². The van der Waals surface area contributed by atoms with E-state index in [2.05, 4.69) is 51.1 Å². The number of hydrogen-bond donors (Lipinski definition) is 1. The van der Waals surface area contributed by atoms with Crippen LogP contribution in [0.1, 0.15) is 45.6 Å². The van der Waals surface area contributed by atoms with E-state index in [4.69, 9.17) is 4.74 Å². The van der Waals surface area contributed by atoms with E-state index in [0.29, 0.717) is 42.5 Å². The second-order valence-corrected chi connectivity index (χ2v) is 9.95. The van der Waals surface area contributed by atoms with Gasteiger partial charge in [0.05, 0.1) is 24.2 Å². The summed E-state index contributed by atoms with van der Waals surface area (Å²) in [5.41, 5.74) is 2.13. The summed E-state index contributed by atoms with van der Waals surface area (Å²) in [4.78, 5) is 13.3. The lowest BCUT2D eigenvalue weighted by molar-refractivity contribution is -0.132. The molecule has 3 fully saturated rings. The highest BCUT2D eigenvalue weighted by Gasteiger charge is 2.69. The third-order valence-electron chi connectivity index (χ3n) is 8.50. The van der Waals surface area contributed by atoms with Crippen LogP contribution in [0.3, 0.4) is 0 Å². The summed E-state index contributed by atoms with van der Waals surface area (Å²) in [7, 11) is 0. The second-order valence-electron chi connectivity index (χ2n) is 9.95. The average Bonchev–Trinajstić information content (AvgIpc) is 3.23. The van der Waals surface area contributed by atoms with E-state index >= 15 is 0 Å². The van der Waals surface area contributed by atoms with Crippen molar-refractivity contribution in [1.82, 2.24) is 0 Å². The van der Waals surface area contributed by atoms with Crippen molar-refractivity contribution in [2.75, 3.05) is 0 Å². The Labute approximate surface area is 168 Å². The summed E-state index contributed by atoms with van der Waals surface area (Å²) in [5.74, 6) is 2.14. The second kappa shape index (κ2) is 6.53. The van der Waals surface area contributed by atoms with E-state index in [1.807, 2.05) is 6.07 Å². The standard InChI is InChI=1S/C25H32O3/c1-14-10-22(27)25-16(3)11-20(26)24(25)23-15(2)9-21(18(23)12-19(14)25)28-13-17-7-5-4-6-8-17/h4-8,12,14-16,18,20-21,23-24,26H,9-11,13H2,1-3H3/t14-,15-,16-,18-,20+,21-,23+,24-,25+/m0/s1. The van der Waals surface area contributed by atoms with Gasteiger partial charge >= 0.3 is 0 Å². The van der Waals surface area contributed by atoms with Gasteiger partial charge in [0.15, 0.2) is 0 Å². The zero-order valence-corrected chi connectivity index (χ0v) is 17.2. The van der Waals surface area contributed by atoms with Crippen molar-refractivity contribution in [3.63, 3.8) is 0 Å². The Hall–Kier alpha value is -1.45. The Morgan fingerprint density at radius 2 is 1.89 bits per heavy atom. The molecule has 1 aromatic rings. The molecule has 4 aliphatic rings. The number of aliphatic hydroxyl groups is 1. The molecule has 0 unspecified atom stereocenters. The Balaban J connectivity index is 1.50. The van der Waals surface area contributed by atoms with Gasteiger partial charge in [-0.1, -0.05) is 62.8 Å². The van der Waals surface area contributed by atoms with Crippen LogP contribution in [0.5, 0.6) is 0 Å². The molecule has 3 heteroatoms.